The van der Waals surface area contributed by atoms with Gasteiger partial charge in [-0.25, -0.2) is 9.78 Å². The molecule has 1 fully saturated rings. The number of carboxylic acid groups (broad SMARTS) is 1. The summed E-state index contributed by atoms with van der Waals surface area (Å²) in [5.41, 5.74) is 5.92. The molecule has 0 radical (unpaired) electrons. The Kier molecular flexibility index (Phi) is 7.44. The molecule has 1 aromatic rings. The van der Waals surface area contributed by atoms with Crippen molar-refractivity contribution in [1.82, 2.24) is 4.98 Å². The van der Waals surface area contributed by atoms with Crippen molar-refractivity contribution in [1.29, 1.82) is 0 Å². The van der Waals surface area contributed by atoms with Crippen molar-refractivity contribution < 1.29 is 9.90 Å². The molecular weight excluding hydrogens is 312 g/mol. The van der Waals surface area contributed by atoms with Crippen molar-refractivity contribution in [2.45, 2.75) is 18.9 Å². The maximum atomic E-state index is 10.8. The second-order valence-corrected chi connectivity index (χ2v) is 4.57. The minimum Gasteiger partial charge on any atom is -0.478 e. The van der Waals surface area contributed by atoms with Gasteiger partial charge in [0.2, 0.25) is 0 Å². The first kappa shape index (κ1) is 18.2. The Bertz CT molecular complexity index is 437. The number of hydrogen-bond donors (Lipinski definition) is 2. The number of nitrogens with two attached hydrogens (primary N) is 1. The second kappa shape index (κ2) is 7.75. The van der Waals surface area contributed by atoms with Crippen LogP contribution in [0.3, 0.4) is 0 Å². The van der Waals surface area contributed by atoms with E-state index >= 15 is 0 Å². The van der Waals surface area contributed by atoms with E-state index in [1.54, 1.807) is 0 Å². The molecule has 1 aliphatic heterocycles. The molecule has 2 rings (SSSR count). The van der Waals surface area contributed by atoms with Gasteiger partial charge in [0.15, 0.2) is 0 Å². The molecule has 0 bridgehead atoms. The van der Waals surface area contributed by atoms with E-state index in [4.69, 9.17) is 22.4 Å². The van der Waals surface area contributed by atoms with Crippen LogP contribution in [0.25, 0.3) is 0 Å². The van der Waals surface area contributed by atoms with Gasteiger partial charge in [-0.15, -0.1) is 24.8 Å². The fraction of sp³-hybridized carbons (Fsp3) is 0.455. The highest BCUT2D eigenvalue weighted by Crippen LogP contribution is 2.26. The van der Waals surface area contributed by atoms with Crippen LogP contribution in [-0.4, -0.2) is 35.2 Å². The van der Waals surface area contributed by atoms with Crippen LogP contribution >= 0.6 is 36.4 Å². The lowest BCUT2D eigenvalue weighted by Gasteiger charge is -2.31. The topological polar surface area (TPSA) is 79.5 Å². The van der Waals surface area contributed by atoms with Gasteiger partial charge in [0, 0.05) is 25.3 Å². The number of anilines is 1. The number of aromatic nitrogens is 1. The smallest absolute Gasteiger partial charge is 0.337 e. The van der Waals surface area contributed by atoms with E-state index in [2.05, 4.69) is 4.98 Å². The van der Waals surface area contributed by atoms with Gasteiger partial charge in [-0.3, -0.25) is 0 Å². The standard InChI is InChI=1S/C11H14ClN3O2.2ClH/c12-9-5-7(11(16)17)6-14-10(9)15-3-1-8(13)2-4-15;;/h5-6,8H,1-4,13H2,(H,16,17);2*1H. The van der Waals surface area contributed by atoms with E-state index in [9.17, 15) is 4.79 Å². The van der Waals surface area contributed by atoms with Crippen LogP contribution < -0.4 is 10.6 Å². The predicted molar refractivity (Wildman–Crippen MR) is 80.1 cm³/mol. The summed E-state index contributed by atoms with van der Waals surface area (Å²) in [6.07, 6.45) is 3.13. The van der Waals surface area contributed by atoms with Crippen molar-refractivity contribution in [2.75, 3.05) is 18.0 Å². The summed E-state index contributed by atoms with van der Waals surface area (Å²) in [6, 6.07) is 1.67. The second-order valence-electron chi connectivity index (χ2n) is 4.16. The van der Waals surface area contributed by atoms with Crippen LogP contribution in [0.1, 0.15) is 23.2 Å². The molecule has 19 heavy (non-hydrogen) atoms. The average Bonchev–Trinajstić information content (AvgIpc) is 2.30. The molecule has 1 aromatic heterocycles. The SMILES string of the molecule is Cl.Cl.NC1CCN(c2ncc(C(=O)O)cc2Cl)CC1. The Morgan fingerprint density at radius 1 is 1.42 bits per heavy atom. The van der Waals surface area contributed by atoms with Gasteiger partial charge in [-0.1, -0.05) is 11.6 Å². The summed E-state index contributed by atoms with van der Waals surface area (Å²) >= 11 is 6.04. The van der Waals surface area contributed by atoms with Gasteiger partial charge >= 0.3 is 5.97 Å². The van der Waals surface area contributed by atoms with Gasteiger partial charge in [-0.05, 0) is 18.9 Å². The highest BCUT2D eigenvalue weighted by molar-refractivity contribution is 6.33. The Balaban J connectivity index is 0.00000162. The molecule has 0 unspecified atom stereocenters. The number of carbonyl (C=O) groups is 1. The zero-order chi connectivity index (χ0) is 12.4. The summed E-state index contributed by atoms with van der Waals surface area (Å²) in [4.78, 5) is 16.9. The largest absolute Gasteiger partial charge is 0.478 e. The monoisotopic (exact) mass is 327 g/mol. The molecule has 0 atom stereocenters. The minimum absolute atomic E-state index is 0. The third-order valence-electron chi connectivity index (χ3n) is 2.91. The highest BCUT2D eigenvalue weighted by Gasteiger charge is 2.20. The van der Waals surface area contributed by atoms with Gasteiger partial charge in [0.1, 0.15) is 5.82 Å². The summed E-state index contributed by atoms with van der Waals surface area (Å²) in [7, 11) is 0. The van der Waals surface area contributed by atoms with Crippen molar-refractivity contribution in [2.24, 2.45) is 5.73 Å². The molecule has 0 saturated carbocycles. The number of aromatic carboxylic acids is 1. The fourth-order valence-corrected chi connectivity index (χ4v) is 2.18. The van der Waals surface area contributed by atoms with Crippen molar-refractivity contribution in [3.63, 3.8) is 0 Å². The molecular formula is C11H16Cl3N3O2. The Morgan fingerprint density at radius 3 is 2.47 bits per heavy atom. The van der Waals surface area contributed by atoms with Crippen LogP contribution in [0, 0.1) is 0 Å². The lowest BCUT2D eigenvalue weighted by Crippen LogP contribution is -2.40. The van der Waals surface area contributed by atoms with Crippen molar-refractivity contribution in [3.05, 3.63) is 22.8 Å². The molecule has 108 valence electrons. The fourth-order valence-electron chi connectivity index (χ4n) is 1.89. The maximum Gasteiger partial charge on any atom is 0.337 e. The molecule has 3 N–H and O–H groups in total. The summed E-state index contributed by atoms with van der Waals surface area (Å²) in [5, 5.41) is 9.19. The average molecular weight is 329 g/mol. The van der Waals surface area contributed by atoms with E-state index < -0.39 is 5.97 Å². The number of hydrogen-bond acceptors (Lipinski definition) is 4. The Hall–Kier alpha value is -0.750. The first-order valence-electron chi connectivity index (χ1n) is 5.47. The quantitative estimate of drug-likeness (QED) is 0.870. The third-order valence-corrected chi connectivity index (χ3v) is 3.19. The molecule has 2 heterocycles. The first-order chi connectivity index (χ1) is 8.08. The van der Waals surface area contributed by atoms with Crippen molar-refractivity contribution in [3.8, 4) is 0 Å². The lowest BCUT2D eigenvalue weighted by molar-refractivity contribution is 0.0696. The molecule has 0 spiro atoms. The number of pyridine rings is 1. The van der Waals surface area contributed by atoms with E-state index in [0.717, 1.165) is 25.9 Å². The summed E-state index contributed by atoms with van der Waals surface area (Å²) < 4.78 is 0. The third kappa shape index (κ3) is 4.38. The molecule has 1 saturated heterocycles. The van der Waals surface area contributed by atoms with Gasteiger partial charge in [0.05, 0.1) is 10.6 Å². The summed E-state index contributed by atoms with van der Waals surface area (Å²) in [6.45, 7) is 1.61. The van der Waals surface area contributed by atoms with Crippen LogP contribution in [0.2, 0.25) is 5.02 Å². The summed E-state index contributed by atoms with van der Waals surface area (Å²) in [5.74, 6) is -0.379. The number of piperidine rings is 1. The lowest BCUT2D eigenvalue weighted by atomic mass is 10.1. The number of halogens is 3. The Labute approximate surface area is 128 Å². The number of carboxylic acids is 1. The number of rotatable bonds is 2. The first-order valence-corrected chi connectivity index (χ1v) is 5.85. The predicted octanol–water partition coefficient (Wildman–Crippen LogP) is 2.20. The van der Waals surface area contributed by atoms with Crippen LogP contribution in [0.4, 0.5) is 5.82 Å². The Morgan fingerprint density at radius 2 is 2.00 bits per heavy atom. The molecule has 0 amide bonds. The normalized spacial score (nSPS) is 15.4. The van der Waals surface area contributed by atoms with Gasteiger partial charge in [0.25, 0.3) is 0 Å². The van der Waals surface area contributed by atoms with Crippen LogP contribution in [0.15, 0.2) is 12.3 Å². The van der Waals surface area contributed by atoms with Gasteiger partial charge in [-0.2, -0.15) is 0 Å². The molecule has 5 nitrogen and oxygen atoms in total. The molecule has 0 aromatic carbocycles. The zero-order valence-electron chi connectivity index (χ0n) is 10.1. The van der Waals surface area contributed by atoms with E-state index in [1.165, 1.54) is 12.3 Å². The minimum atomic E-state index is -1.02. The molecule has 8 heteroatoms. The molecule has 1 aliphatic rings. The van der Waals surface area contributed by atoms with Gasteiger partial charge < -0.3 is 15.7 Å². The van der Waals surface area contributed by atoms with Crippen molar-refractivity contribution >= 4 is 48.2 Å². The zero-order valence-corrected chi connectivity index (χ0v) is 12.5. The van der Waals surface area contributed by atoms with E-state index in [1.807, 2.05) is 4.90 Å². The van der Waals surface area contributed by atoms with E-state index in [0.29, 0.717) is 10.8 Å². The van der Waals surface area contributed by atoms with E-state index in [-0.39, 0.29) is 36.4 Å². The highest BCUT2D eigenvalue weighted by atomic mass is 35.5. The van der Waals surface area contributed by atoms with Crippen LogP contribution in [0.5, 0.6) is 0 Å². The molecule has 0 aliphatic carbocycles. The van der Waals surface area contributed by atoms with Crippen LogP contribution in [-0.2, 0) is 0 Å². The number of nitrogens with zero attached hydrogens (tertiary/aromatic N) is 2. The maximum absolute atomic E-state index is 10.8.